The van der Waals surface area contributed by atoms with Crippen LogP contribution in [-0.4, -0.2) is 27.6 Å². The second-order valence-corrected chi connectivity index (χ2v) is 7.04. The molecule has 1 fully saturated rings. The van der Waals surface area contributed by atoms with Crippen molar-refractivity contribution >= 4 is 17.5 Å². The maximum Gasteiger partial charge on any atom is 0.171 e. The number of rotatable bonds is 2. The number of benzene rings is 1. The largest absolute Gasteiger partial charge is 0.294 e. The molecule has 0 radical (unpaired) electrons. The number of pyridine rings is 1. The van der Waals surface area contributed by atoms with Crippen LogP contribution in [-0.2, 0) is 6.54 Å². The number of likely N-dealkylation sites (tertiary alicyclic amines) is 1. The number of nitrogens with zero attached hydrogens (tertiary/aromatic N) is 2. The van der Waals surface area contributed by atoms with E-state index in [2.05, 4.69) is 34.1 Å². The summed E-state index contributed by atoms with van der Waals surface area (Å²) in [6.45, 7) is 1.96. The van der Waals surface area contributed by atoms with Crippen LogP contribution in [0, 0.1) is 5.92 Å². The van der Waals surface area contributed by atoms with Gasteiger partial charge in [-0.15, -0.1) is 0 Å². The highest BCUT2D eigenvalue weighted by molar-refractivity contribution is 8.00. The van der Waals surface area contributed by atoms with Gasteiger partial charge >= 0.3 is 0 Å². The number of hydrogen-bond donors (Lipinski definition) is 0. The normalized spacial score (nSPS) is 24.6. The van der Waals surface area contributed by atoms with Gasteiger partial charge in [0, 0.05) is 18.7 Å². The number of ketones is 1. The first kappa shape index (κ1) is 14.0. The fourth-order valence-corrected chi connectivity index (χ4v) is 4.83. The molecular formula is C18H18N2OS. The van der Waals surface area contributed by atoms with E-state index < -0.39 is 0 Å². The third-order valence-electron chi connectivity index (χ3n) is 4.50. The summed E-state index contributed by atoms with van der Waals surface area (Å²) in [6, 6.07) is 14.3. The molecule has 0 amide bonds. The van der Waals surface area contributed by atoms with Crippen LogP contribution in [0.15, 0.2) is 53.7 Å². The highest BCUT2D eigenvalue weighted by Crippen LogP contribution is 2.43. The molecule has 4 heteroatoms. The summed E-state index contributed by atoms with van der Waals surface area (Å²) >= 11 is 1.77. The minimum atomic E-state index is 0.110. The third-order valence-corrected chi connectivity index (χ3v) is 5.92. The molecule has 1 aromatic heterocycles. The predicted octanol–water partition coefficient (Wildman–Crippen LogP) is 3.61. The van der Waals surface area contributed by atoms with Crippen molar-refractivity contribution in [2.75, 3.05) is 6.54 Å². The van der Waals surface area contributed by atoms with Gasteiger partial charge in [0.1, 0.15) is 5.03 Å². The molecule has 0 spiro atoms. The van der Waals surface area contributed by atoms with E-state index in [9.17, 15) is 4.79 Å². The van der Waals surface area contributed by atoms with Gasteiger partial charge in [-0.25, -0.2) is 4.98 Å². The maximum absolute atomic E-state index is 12.8. The summed E-state index contributed by atoms with van der Waals surface area (Å²) in [4.78, 5) is 19.6. The summed E-state index contributed by atoms with van der Waals surface area (Å²) in [5.74, 6) is 0.392. The van der Waals surface area contributed by atoms with Gasteiger partial charge in [0.25, 0.3) is 0 Å². The van der Waals surface area contributed by atoms with Crippen LogP contribution in [0.25, 0.3) is 0 Å². The quantitative estimate of drug-likeness (QED) is 0.848. The molecule has 0 saturated carbocycles. The molecule has 1 aromatic carbocycles. The number of thioether (sulfide) groups is 1. The van der Waals surface area contributed by atoms with Crippen molar-refractivity contribution < 1.29 is 4.79 Å². The van der Waals surface area contributed by atoms with E-state index in [1.807, 2.05) is 18.2 Å². The number of carbonyl (C=O) groups is 1. The molecule has 2 aliphatic heterocycles. The Kier molecular flexibility index (Phi) is 3.72. The molecule has 22 heavy (non-hydrogen) atoms. The molecule has 3 heterocycles. The van der Waals surface area contributed by atoms with E-state index in [1.165, 1.54) is 5.56 Å². The van der Waals surface area contributed by atoms with E-state index in [1.54, 1.807) is 18.0 Å². The summed E-state index contributed by atoms with van der Waals surface area (Å²) in [7, 11) is 0. The van der Waals surface area contributed by atoms with E-state index in [-0.39, 0.29) is 17.1 Å². The Bertz CT molecular complexity index is 688. The van der Waals surface area contributed by atoms with Gasteiger partial charge in [-0.3, -0.25) is 9.69 Å². The molecule has 1 saturated heterocycles. The summed E-state index contributed by atoms with van der Waals surface area (Å²) in [5.41, 5.74) is 2.12. The fraction of sp³-hybridized carbons (Fsp3) is 0.333. The van der Waals surface area contributed by atoms with Gasteiger partial charge in [-0.05, 0) is 37.1 Å². The van der Waals surface area contributed by atoms with Crippen LogP contribution in [0.3, 0.4) is 0 Å². The van der Waals surface area contributed by atoms with Crippen LogP contribution in [0.4, 0.5) is 0 Å². The molecule has 112 valence electrons. The lowest BCUT2D eigenvalue weighted by Gasteiger charge is -2.42. The Morgan fingerprint density at radius 1 is 1.18 bits per heavy atom. The van der Waals surface area contributed by atoms with Gasteiger partial charge in [0.2, 0.25) is 0 Å². The molecule has 0 aliphatic carbocycles. The highest BCUT2D eigenvalue weighted by Gasteiger charge is 2.41. The third kappa shape index (κ3) is 2.46. The minimum absolute atomic E-state index is 0.110. The topological polar surface area (TPSA) is 33.2 Å². The van der Waals surface area contributed by atoms with Gasteiger partial charge in [-0.1, -0.05) is 42.1 Å². The fourth-order valence-electron chi connectivity index (χ4n) is 3.43. The lowest BCUT2D eigenvalue weighted by Crippen LogP contribution is -2.47. The zero-order valence-electron chi connectivity index (χ0n) is 12.3. The smallest absolute Gasteiger partial charge is 0.171 e. The van der Waals surface area contributed by atoms with Crippen LogP contribution in [0.1, 0.15) is 28.8 Å². The SMILES string of the molecule is O=C1c2cccnc2SC2C1CCCN2Cc1ccccc1. The minimum Gasteiger partial charge on any atom is -0.294 e. The van der Waals surface area contributed by atoms with E-state index >= 15 is 0 Å². The molecule has 2 aromatic rings. The van der Waals surface area contributed by atoms with Crippen molar-refractivity contribution in [1.29, 1.82) is 0 Å². The van der Waals surface area contributed by atoms with Crippen molar-refractivity contribution in [3.05, 3.63) is 59.8 Å². The van der Waals surface area contributed by atoms with Gasteiger partial charge < -0.3 is 0 Å². The first-order valence-electron chi connectivity index (χ1n) is 7.77. The number of piperidine rings is 1. The number of hydrogen-bond acceptors (Lipinski definition) is 4. The van der Waals surface area contributed by atoms with Crippen molar-refractivity contribution in [2.24, 2.45) is 5.92 Å². The Balaban J connectivity index is 1.63. The Hall–Kier alpha value is -1.65. The van der Waals surface area contributed by atoms with Crippen LogP contribution in [0.5, 0.6) is 0 Å². The molecule has 2 aliphatic rings. The van der Waals surface area contributed by atoms with Gasteiger partial charge in [-0.2, -0.15) is 0 Å². The van der Waals surface area contributed by atoms with Crippen molar-refractivity contribution in [3.8, 4) is 0 Å². The van der Waals surface area contributed by atoms with Crippen molar-refractivity contribution in [2.45, 2.75) is 29.8 Å². The Morgan fingerprint density at radius 3 is 2.91 bits per heavy atom. The summed E-state index contributed by atoms with van der Waals surface area (Å²) < 4.78 is 0. The molecule has 2 unspecified atom stereocenters. The molecule has 0 bridgehead atoms. The molecule has 3 nitrogen and oxygen atoms in total. The average Bonchev–Trinajstić information content (AvgIpc) is 2.57. The first-order chi connectivity index (χ1) is 10.8. The van der Waals surface area contributed by atoms with Gasteiger partial charge in [0.15, 0.2) is 5.78 Å². The Morgan fingerprint density at radius 2 is 2.05 bits per heavy atom. The second-order valence-electron chi connectivity index (χ2n) is 5.93. The highest BCUT2D eigenvalue weighted by atomic mass is 32.2. The van der Waals surface area contributed by atoms with Crippen LogP contribution < -0.4 is 0 Å². The van der Waals surface area contributed by atoms with Crippen LogP contribution >= 0.6 is 11.8 Å². The van der Waals surface area contributed by atoms with Gasteiger partial charge in [0.05, 0.1) is 10.9 Å². The zero-order chi connectivity index (χ0) is 14.9. The first-order valence-corrected chi connectivity index (χ1v) is 8.65. The average molecular weight is 310 g/mol. The Labute approximate surface area is 134 Å². The second kappa shape index (κ2) is 5.86. The van der Waals surface area contributed by atoms with Crippen molar-refractivity contribution in [3.63, 3.8) is 0 Å². The molecule has 2 atom stereocenters. The number of fused-ring (bicyclic) bond motifs is 2. The van der Waals surface area contributed by atoms with E-state index in [0.717, 1.165) is 36.5 Å². The zero-order valence-corrected chi connectivity index (χ0v) is 13.1. The lowest BCUT2D eigenvalue weighted by atomic mass is 9.89. The number of carbonyl (C=O) groups excluding carboxylic acids is 1. The standard InChI is InChI=1S/C18H18N2OS/c21-16-14-8-4-10-19-17(14)22-18-15(16)9-5-11-20(18)12-13-6-2-1-3-7-13/h1-4,6-8,10,15,18H,5,9,11-12H2. The number of aromatic nitrogens is 1. The molecular weight excluding hydrogens is 292 g/mol. The predicted molar refractivity (Wildman–Crippen MR) is 87.8 cm³/mol. The number of Topliss-reactive ketones (excluding diaryl/α,β-unsaturated/α-hetero) is 1. The van der Waals surface area contributed by atoms with Crippen molar-refractivity contribution in [1.82, 2.24) is 9.88 Å². The monoisotopic (exact) mass is 310 g/mol. The molecule has 0 N–H and O–H groups in total. The molecule has 4 rings (SSSR count). The van der Waals surface area contributed by atoms with E-state index in [0.29, 0.717) is 0 Å². The lowest BCUT2D eigenvalue weighted by molar-refractivity contribution is 0.0755. The summed E-state index contributed by atoms with van der Waals surface area (Å²) in [6.07, 6.45) is 3.87. The van der Waals surface area contributed by atoms with E-state index in [4.69, 9.17) is 0 Å². The summed E-state index contributed by atoms with van der Waals surface area (Å²) in [5, 5.41) is 1.12. The maximum atomic E-state index is 12.8. The van der Waals surface area contributed by atoms with Crippen LogP contribution in [0.2, 0.25) is 0 Å².